The van der Waals surface area contributed by atoms with Crippen LogP contribution in [-0.2, 0) is 6.54 Å². The minimum absolute atomic E-state index is 0.558. The van der Waals surface area contributed by atoms with Crippen LogP contribution < -0.4 is 20.3 Å². The molecule has 0 aliphatic carbocycles. The van der Waals surface area contributed by atoms with E-state index < -0.39 is 0 Å². The first-order chi connectivity index (χ1) is 12.7. The summed E-state index contributed by atoms with van der Waals surface area (Å²) in [7, 11) is 1.66. The zero-order valence-corrected chi connectivity index (χ0v) is 16.2. The summed E-state index contributed by atoms with van der Waals surface area (Å²) in [4.78, 5) is 6.99. The molecule has 0 spiro atoms. The van der Waals surface area contributed by atoms with E-state index in [9.17, 15) is 0 Å². The maximum Gasteiger partial charge on any atom is 0.171 e. The van der Waals surface area contributed by atoms with E-state index in [0.717, 1.165) is 29.4 Å². The molecule has 0 radical (unpaired) electrons. The number of hydrogen-bond donors (Lipinski definition) is 2. The van der Waals surface area contributed by atoms with Crippen LogP contribution in [0, 0.1) is 0 Å². The molecule has 1 aromatic heterocycles. The first kappa shape index (κ1) is 18.5. The first-order valence-corrected chi connectivity index (χ1v) is 9.47. The fraction of sp³-hybridized carbons (Fsp3) is 0.400. The Balaban J connectivity index is 1.50. The molecule has 26 heavy (non-hydrogen) atoms. The van der Waals surface area contributed by atoms with Crippen LogP contribution in [0.5, 0.6) is 5.75 Å². The molecular weight excluding hydrogens is 344 g/mol. The average molecular weight is 371 g/mol. The van der Waals surface area contributed by atoms with Crippen molar-refractivity contribution in [1.82, 2.24) is 10.3 Å². The van der Waals surface area contributed by atoms with Gasteiger partial charge in [0.1, 0.15) is 11.6 Å². The number of piperidine rings is 1. The van der Waals surface area contributed by atoms with Gasteiger partial charge in [0.25, 0.3) is 0 Å². The number of nitrogens with zero attached hydrogens (tertiary/aromatic N) is 2. The van der Waals surface area contributed by atoms with Gasteiger partial charge in [-0.1, -0.05) is 12.1 Å². The Kier molecular flexibility index (Phi) is 6.28. The predicted molar refractivity (Wildman–Crippen MR) is 111 cm³/mol. The van der Waals surface area contributed by atoms with Gasteiger partial charge in [-0.2, -0.15) is 0 Å². The van der Waals surface area contributed by atoms with Gasteiger partial charge in [0, 0.05) is 19.1 Å². The van der Waals surface area contributed by atoms with E-state index in [1.165, 1.54) is 19.3 Å². The van der Waals surface area contributed by atoms with Crippen molar-refractivity contribution in [2.75, 3.05) is 23.9 Å². The number of benzene rings is 1. The van der Waals surface area contributed by atoms with Crippen molar-refractivity contribution >= 4 is 28.8 Å². The normalized spacial score (nSPS) is 16.8. The number of anilines is 2. The third-order valence-electron chi connectivity index (χ3n) is 4.72. The lowest BCUT2D eigenvalue weighted by Crippen LogP contribution is -2.37. The van der Waals surface area contributed by atoms with Gasteiger partial charge >= 0.3 is 0 Å². The van der Waals surface area contributed by atoms with Crippen LogP contribution in [0.2, 0.25) is 0 Å². The predicted octanol–water partition coefficient (Wildman–Crippen LogP) is 3.96. The summed E-state index contributed by atoms with van der Waals surface area (Å²) in [5.41, 5.74) is 2.04. The number of methoxy groups -OCH3 is 1. The Hall–Kier alpha value is -2.34. The van der Waals surface area contributed by atoms with Crippen LogP contribution in [0.25, 0.3) is 0 Å². The molecule has 3 rings (SSSR count). The largest absolute Gasteiger partial charge is 0.497 e. The van der Waals surface area contributed by atoms with Gasteiger partial charge in [0.2, 0.25) is 0 Å². The molecule has 1 aliphatic rings. The molecule has 1 atom stereocenters. The van der Waals surface area contributed by atoms with E-state index in [2.05, 4.69) is 33.5 Å². The van der Waals surface area contributed by atoms with E-state index >= 15 is 0 Å². The van der Waals surface area contributed by atoms with Crippen LogP contribution in [0.4, 0.5) is 11.5 Å². The average Bonchev–Trinajstić information content (AvgIpc) is 2.68. The van der Waals surface area contributed by atoms with Crippen LogP contribution in [0.3, 0.4) is 0 Å². The lowest BCUT2D eigenvalue weighted by Gasteiger charge is -2.34. The quantitative estimate of drug-likeness (QED) is 0.777. The topological polar surface area (TPSA) is 49.4 Å². The fourth-order valence-electron chi connectivity index (χ4n) is 3.17. The molecule has 6 heteroatoms. The van der Waals surface area contributed by atoms with Gasteiger partial charge in [-0.3, -0.25) is 0 Å². The van der Waals surface area contributed by atoms with Crippen molar-refractivity contribution in [3.8, 4) is 5.75 Å². The molecule has 2 aromatic rings. The Morgan fingerprint density at radius 3 is 2.69 bits per heavy atom. The van der Waals surface area contributed by atoms with E-state index in [0.29, 0.717) is 17.7 Å². The Labute approximate surface area is 160 Å². The van der Waals surface area contributed by atoms with Crippen molar-refractivity contribution in [3.63, 3.8) is 0 Å². The molecule has 1 aromatic carbocycles. The lowest BCUT2D eigenvalue weighted by molar-refractivity contribution is 0.414. The van der Waals surface area contributed by atoms with Gasteiger partial charge in [0.15, 0.2) is 5.11 Å². The summed E-state index contributed by atoms with van der Waals surface area (Å²) in [5, 5.41) is 6.99. The molecule has 0 amide bonds. The number of ether oxygens (including phenoxy) is 1. The van der Waals surface area contributed by atoms with Crippen LogP contribution in [0.15, 0.2) is 42.6 Å². The molecule has 0 saturated carbocycles. The maximum absolute atomic E-state index is 5.38. The molecule has 1 saturated heterocycles. The number of pyridine rings is 1. The molecule has 0 bridgehead atoms. The highest BCUT2D eigenvalue weighted by Crippen LogP contribution is 2.23. The standard InChI is InChI=1S/C20H26N4OS/c1-15-5-3-4-12-24(15)19-11-8-17(14-21-19)23-20(26)22-13-16-6-9-18(25-2)10-7-16/h6-11,14-15H,3-5,12-13H2,1-2H3,(H2,22,23,26)/t15-/m1/s1. The van der Waals surface area contributed by atoms with Crippen molar-refractivity contribution in [3.05, 3.63) is 48.2 Å². The van der Waals surface area contributed by atoms with Gasteiger partial charge < -0.3 is 20.3 Å². The molecule has 1 aliphatic heterocycles. The van der Waals surface area contributed by atoms with Gasteiger partial charge in [-0.05, 0) is 68.2 Å². The number of nitrogens with one attached hydrogen (secondary N) is 2. The summed E-state index contributed by atoms with van der Waals surface area (Å²) in [6, 6.07) is 12.6. The second-order valence-corrected chi connectivity index (χ2v) is 7.01. The van der Waals surface area contributed by atoms with Gasteiger partial charge in [-0.25, -0.2) is 4.98 Å². The molecule has 138 valence electrons. The highest BCUT2D eigenvalue weighted by Gasteiger charge is 2.19. The third kappa shape index (κ3) is 4.85. The summed E-state index contributed by atoms with van der Waals surface area (Å²) in [6.07, 6.45) is 5.63. The van der Waals surface area contributed by atoms with Crippen LogP contribution >= 0.6 is 12.2 Å². The molecule has 0 unspecified atom stereocenters. The van der Waals surface area contributed by atoms with E-state index in [1.54, 1.807) is 7.11 Å². The number of aromatic nitrogens is 1. The van der Waals surface area contributed by atoms with Crippen molar-refractivity contribution in [2.45, 2.75) is 38.8 Å². The SMILES string of the molecule is COc1ccc(CNC(=S)Nc2ccc(N3CCCC[C@H]3C)nc2)cc1. The molecule has 2 N–H and O–H groups in total. The Bertz CT molecular complexity index is 718. The second-order valence-electron chi connectivity index (χ2n) is 6.60. The summed E-state index contributed by atoms with van der Waals surface area (Å²) in [6.45, 7) is 4.01. The zero-order valence-electron chi connectivity index (χ0n) is 15.4. The van der Waals surface area contributed by atoms with Gasteiger partial charge in [-0.15, -0.1) is 0 Å². The third-order valence-corrected chi connectivity index (χ3v) is 4.96. The number of hydrogen-bond acceptors (Lipinski definition) is 4. The minimum atomic E-state index is 0.558. The van der Waals surface area contributed by atoms with Gasteiger partial charge in [0.05, 0.1) is 19.0 Å². The first-order valence-electron chi connectivity index (χ1n) is 9.06. The number of rotatable bonds is 5. The molecular formula is C20H26N4OS. The van der Waals surface area contributed by atoms with Crippen molar-refractivity contribution in [1.29, 1.82) is 0 Å². The van der Waals surface area contributed by atoms with Crippen LogP contribution in [-0.4, -0.2) is 29.8 Å². The minimum Gasteiger partial charge on any atom is -0.497 e. The Morgan fingerprint density at radius 2 is 2.04 bits per heavy atom. The zero-order chi connectivity index (χ0) is 18.4. The lowest BCUT2D eigenvalue weighted by atomic mass is 10.0. The molecule has 2 heterocycles. The summed E-state index contributed by atoms with van der Waals surface area (Å²) < 4.78 is 5.16. The second kappa shape index (κ2) is 8.85. The van der Waals surface area contributed by atoms with E-state index in [4.69, 9.17) is 17.0 Å². The van der Waals surface area contributed by atoms with Crippen LogP contribution in [0.1, 0.15) is 31.7 Å². The van der Waals surface area contributed by atoms with Crippen molar-refractivity contribution < 1.29 is 4.74 Å². The fourth-order valence-corrected chi connectivity index (χ4v) is 3.36. The monoisotopic (exact) mass is 370 g/mol. The van der Waals surface area contributed by atoms with E-state index in [-0.39, 0.29) is 0 Å². The highest BCUT2D eigenvalue weighted by atomic mass is 32.1. The Morgan fingerprint density at radius 1 is 1.23 bits per heavy atom. The molecule has 1 fully saturated rings. The molecule has 5 nitrogen and oxygen atoms in total. The number of thiocarbonyl (C=S) groups is 1. The highest BCUT2D eigenvalue weighted by molar-refractivity contribution is 7.80. The summed E-state index contributed by atoms with van der Waals surface area (Å²) >= 11 is 5.38. The maximum atomic E-state index is 5.38. The summed E-state index contributed by atoms with van der Waals surface area (Å²) in [5.74, 6) is 1.89. The smallest absolute Gasteiger partial charge is 0.171 e. The van der Waals surface area contributed by atoms with Crippen molar-refractivity contribution in [2.24, 2.45) is 0 Å². The van der Waals surface area contributed by atoms with E-state index in [1.807, 2.05) is 36.5 Å².